The largest absolute Gasteiger partial charge is 0.506 e. The Kier molecular flexibility index (Phi) is 6.68. The molecule has 0 aliphatic carbocycles. The van der Waals surface area contributed by atoms with Gasteiger partial charge >= 0.3 is 0 Å². The maximum Gasteiger partial charge on any atom is 0.266 e. The molecule has 1 aliphatic heterocycles. The standard InChI is InChI=1S/C21H20Br2N2O2S/c1-12(2)11-25-20(27)18(10-14-8-16(22)19(26)17(23)9-14)28-21(25)24-15-6-4-13(3)5-7-15/h4-10,12,26H,11H2,1-3H3/b18-10+,24-21?. The number of aryl methyl sites for hydroxylation is 1. The van der Waals surface area contributed by atoms with Crippen LogP contribution in [0.4, 0.5) is 5.69 Å². The van der Waals surface area contributed by atoms with E-state index in [4.69, 9.17) is 4.99 Å². The second-order valence-corrected chi connectivity index (χ2v) is 9.70. The summed E-state index contributed by atoms with van der Waals surface area (Å²) in [5.41, 5.74) is 2.81. The van der Waals surface area contributed by atoms with Gasteiger partial charge in [-0.05, 0) is 92.4 Å². The van der Waals surface area contributed by atoms with E-state index < -0.39 is 0 Å². The number of halogens is 2. The number of aromatic hydroxyl groups is 1. The molecule has 0 saturated carbocycles. The van der Waals surface area contributed by atoms with Crippen LogP contribution >= 0.6 is 43.6 Å². The van der Waals surface area contributed by atoms with Gasteiger partial charge in [0.2, 0.25) is 0 Å². The highest BCUT2D eigenvalue weighted by molar-refractivity contribution is 9.11. The number of hydrogen-bond donors (Lipinski definition) is 1. The minimum atomic E-state index is -0.0510. The first-order valence-corrected chi connectivity index (χ1v) is 11.2. The summed E-state index contributed by atoms with van der Waals surface area (Å²) in [6.07, 6.45) is 1.83. The van der Waals surface area contributed by atoms with Crippen LogP contribution in [0.3, 0.4) is 0 Å². The summed E-state index contributed by atoms with van der Waals surface area (Å²) < 4.78 is 1.13. The van der Waals surface area contributed by atoms with E-state index in [-0.39, 0.29) is 11.7 Å². The zero-order valence-electron chi connectivity index (χ0n) is 15.7. The van der Waals surface area contributed by atoms with Crippen molar-refractivity contribution in [3.63, 3.8) is 0 Å². The van der Waals surface area contributed by atoms with Gasteiger partial charge in [-0.25, -0.2) is 4.99 Å². The van der Waals surface area contributed by atoms with Crippen LogP contribution in [0.5, 0.6) is 5.75 Å². The first-order chi connectivity index (χ1) is 13.2. The first-order valence-electron chi connectivity index (χ1n) is 8.79. The van der Waals surface area contributed by atoms with Crippen molar-refractivity contribution in [2.45, 2.75) is 20.8 Å². The van der Waals surface area contributed by atoms with Crippen molar-refractivity contribution >= 4 is 66.5 Å². The molecular weight excluding hydrogens is 504 g/mol. The number of hydrogen-bond acceptors (Lipinski definition) is 4. The summed E-state index contributed by atoms with van der Waals surface area (Å²) in [4.78, 5) is 20.1. The Hall–Kier alpha value is -1.57. The van der Waals surface area contributed by atoms with Gasteiger partial charge in [-0.15, -0.1) is 0 Å². The molecule has 1 N–H and O–H groups in total. The third-order valence-electron chi connectivity index (χ3n) is 4.03. The minimum Gasteiger partial charge on any atom is -0.506 e. The van der Waals surface area contributed by atoms with Crippen molar-refractivity contribution < 1.29 is 9.90 Å². The Morgan fingerprint density at radius 1 is 1.18 bits per heavy atom. The molecular formula is C21H20Br2N2O2S. The number of amidine groups is 1. The Morgan fingerprint density at radius 3 is 2.36 bits per heavy atom. The molecule has 0 spiro atoms. The molecule has 0 aromatic heterocycles. The molecule has 3 rings (SSSR count). The van der Waals surface area contributed by atoms with E-state index in [9.17, 15) is 9.90 Å². The number of phenolic OH excluding ortho intramolecular Hbond substituents is 1. The maximum atomic E-state index is 13.0. The third-order valence-corrected chi connectivity index (χ3v) is 6.25. The Bertz CT molecular complexity index is 946. The fourth-order valence-electron chi connectivity index (χ4n) is 2.67. The minimum absolute atomic E-state index is 0.0510. The predicted molar refractivity (Wildman–Crippen MR) is 124 cm³/mol. The van der Waals surface area contributed by atoms with Crippen molar-refractivity contribution in [2.75, 3.05) is 6.54 Å². The molecule has 1 saturated heterocycles. The quantitative estimate of drug-likeness (QED) is 0.466. The summed E-state index contributed by atoms with van der Waals surface area (Å²) in [6, 6.07) is 11.5. The second-order valence-electron chi connectivity index (χ2n) is 6.98. The first kappa shape index (κ1) is 21.1. The number of carbonyl (C=O) groups is 1. The summed E-state index contributed by atoms with van der Waals surface area (Å²) in [5, 5.41) is 10.6. The van der Waals surface area contributed by atoms with E-state index in [0.717, 1.165) is 11.3 Å². The molecule has 146 valence electrons. The van der Waals surface area contributed by atoms with Crippen molar-refractivity contribution in [3.8, 4) is 5.75 Å². The van der Waals surface area contributed by atoms with Crippen molar-refractivity contribution in [1.82, 2.24) is 4.90 Å². The Labute approximate surface area is 186 Å². The highest BCUT2D eigenvalue weighted by Crippen LogP contribution is 2.37. The van der Waals surface area contributed by atoms with Crippen LogP contribution in [0, 0.1) is 12.8 Å². The van der Waals surface area contributed by atoms with Crippen molar-refractivity contribution in [1.29, 1.82) is 0 Å². The van der Waals surface area contributed by atoms with Crippen molar-refractivity contribution in [3.05, 3.63) is 61.4 Å². The molecule has 28 heavy (non-hydrogen) atoms. The molecule has 2 aromatic carbocycles. The maximum absolute atomic E-state index is 13.0. The Balaban J connectivity index is 1.98. The van der Waals surface area contributed by atoms with Crippen LogP contribution in [0.15, 0.2) is 55.2 Å². The number of amides is 1. The van der Waals surface area contributed by atoms with Crippen LogP contribution in [0.25, 0.3) is 6.08 Å². The summed E-state index contributed by atoms with van der Waals surface area (Å²) in [7, 11) is 0. The lowest BCUT2D eigenvalue weighted by molar-refractivity contribution is -0.122. The number of thioether (sulfide) groups is 1. The van der Waals surface area contributed by atoms with E-state index in [0.29, 0.717) is 31.5 Å². The predicted octanol–water partition coefficient (Wildman–Crippen LogP) is 6.49. The van der Waals surface area contributed by atoms with Gasteiger partial charge in [0.05, 0.1) is 19.5 Å². The van der Waals surface area contributed by atoms with Gasteiger partial charge in [0.1, 0.15) is 5.75 Å². The van der Waals surface area contributed by atoms with E-state index >= 15 is 0 Å². The van der Waals surface area contributed by atoms with Crippen LogP contribution in [-0.4, -0.2) is 27.6 Å². The van der Waals surface area contributed by atoms with Crippen LogP contribution < -0.4 is 0 Å². The zero-order chi connectivity index (χ0) is 20.4. The number of rotatable bonds is 4. The lowest BCUT2D eigenvalue weighted by Gasteiger charge is -2.17. The fraction of sp³-hybridized carbons (Fsp3) is 0.238. The number of nitrogens with zero attached hydrogens (tertiary/aromatic N) is 2. The molecule has 1 amide bonds. The van der Waals surface area contributed by atoms with Crippen LogP contribution in [0.1, 0.15) is 25.0 Å². The SMILES string of the molecule is Cc1ccc(N=C2S/C(=C/c3cc(Br)c(O)c(Br)c3)C(=O)N2CC(C)C)cc1. The molecule has 7 heteroatoms. The highest BCUT2D eigenvalue weighted by atomic mass is 79.9. The fourth-order valence-corrected chi connectivity index (χ4v) is 4.90. The topological polar surface area (TPSA) is 52.9 Å². The molecule has 1 aliphatic rings. The summed E-state index contributed by atoms with van der Waals surface area (Å²) in [5.74, 6) is 0.407. The lowest BCUT2D eigenvalue weighted by atomic mass is 10.2. The van der Waals surface area contributed by atoms with Crippen LogP contribution in [-0.2, 0) is 4.79 Å². The van der Waals surface area contributed by atoms with Gasteiger partial charge in [-0.2, -0.15) is 0 Å². The van der Waals surface area contributed by atoms with E-state index in [1.165, 1.54) is 17.3 Å². The molecule has 2 aromatic rings. The van der Waals surface area contributed by atoms with E-state index in [2.05, 4.69) is 45.7 Å². The molecule has 1 fully saturated rings. The van der Waals surface area contributed by atoms with E-state index in [1.807, 2.05) is 37.3 Å². The molecule has 0 atom stereocenters. The molecule has 0 bridgehead atoms. The zero-order valence-corrected chi connectivity index (χ0v) is 19.7. The monoisotopic (exact) mass is 522 g/mol. The Morgan fingerprint density at radius 2 is 1.79 bits per heavy atom. The molecule has 1 heterocycles. The van der Waals surface area contributed by atoms with E-state index in [1.54, 1.807) is 17.0 Å². The van der Waals surface area contributed by atoms with Gasteiger partial charge < -0.3 is 5.11 Å². The van der Waals surface area contributed by atoms with Gasteiger partial charge in [0.15, 0.2) is 5.17 Å². The van der Waals surface area contributed by atoms with Crippen molar-refractivity contribution in [2.24, 2.45) is 10.9 Å². The highest BCUT2D eigenvalue weighted by Gasteiger charge is 2.33. The average Bonchev–Trinajstić information content (AvgIpc) is 2.90. The normalized spacial score (nSPS) is 17.4. The van der Waals surface area contributed by atoms with Gasteiger partial charge in [-0.1, -0.05) is 31.5 Å². The second kappa shape index (κ2) is 8.84. The molecule has 0 radical (unpaired) electrons. The molecule has 0 unspecified atom stereocenters. The number of carbonyl (C=O) groups excluding carboxylic acids is 1. The molecule has 4 nitrogen and oxygen atoms in total. The lowest BCUT2D eigenvalue weighted by Crippen LogP contribution is -2.32. The smallest absolute Gasteiger partial charge is 0.266 e. The average molecular weight is 524 g/mol. The van der Waals surface area contributed by atoms with Crippen LogP contribution in [0.2, 0.25) is 0 Å². The summed E-state index contributed by atoms with van der Waals surface area (Å²) in [6.45, 7) is 6.80. The number of benzene rings is 2. The summed E-state index contributed by atoms with van der Waals surface area (Å²) >= 11 is 8.04. The van der Waals surface area contributed by atoms with Gasteiger partial charge in [-0.3, -0.25) is 9.69 Å². The third kappa shape index (κ3) is 4.88. The van der Waals surface area contributed by atoms with Gasteiger partial charge in [0.25, 0.3) is 5.91 Å². The van der Waals surface area contributed by atoms with Gasteiger partial charge in [0, 0.05) is 6.54 Å². The number of aliphatic imine (C=N–C) groups is 1. The number of phenols is 1.